The molecule has 0 aromatic carbocycles. The molecule has 0 spiro atoms. The molecule has 5 aliphatic carbocycles. The lowest BCUT2D eigenvalue weighted by Crippen LogP contribution is -2.47. The first-order valence-corrected chi connectivity index (χ1v) is 7.47. The van der Waals surface area contributed by atoms with E-state index in [1.165, 1.54) is 19.3 Å². The van der Waals surface area contributed by atoms with Gasteiger partial charge in [0.15, 0.2) is 0 Å². The Bertz CT molecular complexity index is 264. The molecule has 0 aliphatic heterocycles. The van der Waals surface area contributed by atoms with Gasteiger partial charge in [-0.3, -0.25) is 0 Å². The van der Waals surface area contributed by atoms with Crippen molar-refractivity contribution in [1.82, 2.24) is 5.32 Å². The van der Waals surface area contributed by atoms with Crippen molar-refractivity contribution >= 4 is 0 Å². The molecule has 1 nitrogen and oxygen atoms in total. The number of hydrogen-bond donors (Lipinski definition) is 1. The molecule has 4 bridgehead atoms. The Morgan fingerprint density at radius 3 is 1.94 bits per heavy atom. The molecule has 0 radical (unpaired) electrons. The SMILES string of the molecule is CNC1(CC2C3CC4CC(C3)CC2C4)CC1. The van der Waals surface area contributed by atoms with Crippen LogP contribution in [0, 0.1) is 29.6 Å². The zero-order chi connectivity index (χ0) is 10.8. The van der Waals surface area contributed by atoms with Gasteiger partial charge < -0.3 is 5.32 Å². The summed E-state index contributed by atoms with van der Waals surface area (Å²) in [5.74, 6) is 5.64. The second-order valence-electron chi connectivity index (χ2n) is 7.33. The quantitative estimate of drug-likeness (QED) is 0.768. The van der Waals surface area contributed by atoms with Crippen molar-refractivity contribution in [2.24, 2.45) is 29.6 Å². The highest BCUT2D eigenvalue weighted by atomic mass is 15.0. The van der Waals surface area contributed by atoms with Crippen LogP contribution in [-0.2, 0) is 0 Å². The highest BCUT2D eigenvalue weighted by Crippen LogP contribution is 2.59. The summed E-state index contributed by atoms with van der Waals surface area (Å²) in [5.41, 5.74) is 0.597. The first kappa shape index (κ1) is 9.94. The average molecular weight is 219 g/mol. The first-order chi connectivity index (χ1) is 7.78. The van der Waals surface area contributed by atoms with Crippen molar-refractivity contribution in [2.75, 3.05) is 7.05 Å². The monoisotopic (exact) mass is 219 g/mol. The topological polar surface area (TPSA) is 12.0 Å². The van der Waals surface area contributed by atoms with E-state index in [1.807, 2.05) is 0 Å². The molecular weight excluding hydrogens is 194 g/mol. The van der Waals surface area contributed by atoms with Crippen LogP contribution in [0.1, 0.15) is 51.4 Å². The Balaban J connectivity index is 1.52. The van der Waals surface area contributed by atoms with E-state index in [0.717, 1.165) is 29.6 Å². The molecule has 1 N–H and O–H groups in total. The molecule has 0 amide bonds. The summed E-state index contributed by atoms with van der Waals surface area (Å²) in [4.78, 5) is 0. The van der Waals surface area contributed by atoms with Crippen molar-refractivity contribution in [3.05, 3.63) is 0 Å². The molecule has 5 saturated carbocycles. The van der Waals surface area contributed by atoms with Gasteiger partial charge in [-0.1, -0.05) is 0 Å². The van der Waals surface area contributed by atoms with Gasteiger partial charge in [-0.2, -0.15) is 0 Å². The molecule has 5 rings (SSSR count). The minimum atomic E-state index is 0.597. The Labute approximate surface area is 99.4 Å². The van der Waals surface area contributed by atoms with Crippen molar-refractivity contribution < 1.29 is 0 Å². The van der Waals surface area contributed by atoms with Crippen LogP contribution in [0.3, 0.4) is 0 Å². The van der Waals surface area contributed by atoms with Crippen molar-refractivity contribution in [2.45, 2.75) is 56.9 Å². The minimum absolute atomic E-state index is 0.597. The molecule has 5 aliphatic rings. The van der Waals surface area contributed by atoms with Crippen LogP contribution in [0.4, 0.5) is 0 Å². The van der Waals surface area contributed by atoms with Gasteiger partial charge in [0.1, 0.15) is 0 Å². The molecule has 0 saturated heterocycles. The Kier molecular flexibility index (Phi) is 2.02. The molecule has 0 heterocycles. The third-order valence-corrected chi connectivity index (χ3v) is 6.43. The van der Waals surface area contributed by atoms with Gasteiger partial charge in [0, 0.05) is 5.54 Å². The highest BCUT2D eigenvalue weighted by molar-refractivity contribution is 5.07. The van der Waals surface area contributed by atoms with Gasteiger partial charge in [0.25, 0.3) is 0 Å². The maximum atomic E-state index is 3.61. The second kappa shape index (κ2) is 3.25. The van der Waals surface area contributed by atoms with Crippen LogP contribution < -0.4 is 5.32 Å². The number of nitrogens with one attached hydrogen (secondary N) is 1. The van der Waals surface area contributed by atoms with Crippen molar-refractivity contribution in [1.29, 1.82) is 0 Å². The Morgan fingerprint density at radius 2 is 1.50 bits per heavy atom. The molecular formula is C15H25N. The van der Waals surface area contributed by atoms with E-state index in [-0.39, 0.29) is 0 Å². The van der Waals surface area contributed by atoms with E-state index in [9.17, 15) is 0 Å². The fourth-order valence-electron chi connectivity index (χ4n) is 5.53. The van der Waals surface area contributed by atoms with E-state index in [0.29, 0.717) is 5.54 Å². The molecule has 5 fully saturated rings. The minimum Gasteiger partial charge on any atom is -0.314 e. The van der Waals surface area contributed by atoms with E-state index < -0.39 is 0 Å². The maximum Gasteiger partial charge on any atom is 0.0182 e. The largest absolute Gasteiger partial charge is 0.314 e. The molecule has 0 aromatic rings. The van der Waals surface area contributed by atoms with E-state index >= 15 is 0 Å². The summed E-state index contributed by atoms with van der Waals surface area (Å²) >= 11 is 0. The summed E-state index contributed by atoms with van der Waals surface area (Å²) in [7, 11) is 2.18. The number of rotatable bonds is 3. The lowest BCUT2D eigenvalue weighted by atomic mass is 9.51. The molecule has 16 heavy (non-hydrogen) atoms. The molecule has 0 aromatic heterocycles. The summed E-state index contributed by atoms with van der Waals surface area (Å²) in [6, 6.07) is 0. The summed E-state index contributed by atoms with van der Waals surface area (Å²) in [5, 5.41) is 3.61. The lowest BCUT2D eigenvalue weighted by Gasteiger charge is -2.55. The first-order valence-electron chi connectivity index (χ1n) is 7.47. The van der Waals surface area contributed by atoms with E-state index in [1.54, 1.807) is 32.1 Å². The van der Waals surface area contributed by atoms with Gasteiger partial charge >= 0.3 is 0 Å². The average Bonchev–Trinajstić information content (AvgIpc) is 3.03. The maximum absolute atomic E-state index is 3.61. The van der Waals surface area contributed by atoms with Crippen molar-refractivity contribution in [3.63, 3.8) is 0 Å². The van der Waals surface area contributed by atoms with Gasteiger partial charge in [0.2, 0.25) is 0 Å². The Morgan fingerprint density at radius 1 is 0.938 bits per heavy atom. The van der Waals surface area contributed by atoms with Crippen LogP contribution in [-0.4, -0.2) is 12.6 Å². The Hall–Kier alpha value is -0.0400. The predicted octanol–water partition coefficient (Wildman–Crippen LogP) is 3.20. The zero-order valence-corrected chi connectivity index (χ0v) is 10.5. The number of hydrogen-bond acceptors (Lipinski definition) is 1. The predicted molar refractivity (Wildman–Crippen MR) is 66.2 cm³/mol. The summed E-state index contributed by atoms with van der Waals surface area (Å²) < 4.78 is 0. The van der Waals surface area contributed by atoms with Gasteiger partial charge in [-0.05, 0) is 88.0 Å². The van der Waals surface area contributed by atoms with Crippen LogP contribution >= 0.6 is 0 Å². The second-order valence-corrected chi connectivity index (χ2v) is 7.33. The third-order valence-electron chi connectivity index (χ3n) is 6.43. The fraction of sp³-hybridized carbons (Fsp3) is 1.00. The van der Waals surface area contributed by atoms with Crippen LogP contribution in [0.5, 0.6) is 0 Å². The third kappa shape index (κ3) is 1.40. The van der Waals surface area contributed by atoms with E-state index in [4.69, 9.17) is 0 Å². The van der Waals surface area contributed by atoms with Crippen molar-refractivity contribution in [3.8, 4) is 0 Å². The van der Waals surface area contributed by atoms with Crippen LogP contribution in [0.2, 0.25) is 0 Å². The highest BCUT2D eigenvalue weighted by Gasteiger charge is 2.52. The van der Waals surface area contributed by atoms with Crippen LogP contribution in [0.25, 0.3) is 0 Å². The van der Waals surface area contributed by atoms with Crippen LogP contribution in [0.15, 0.2) is 0 Å². The van der Waals surface area contributed by atoms with E-state index in [2.05, 4.69) is 12.4 Å². The smallest absolute Gasteiger partial charge is 0.0182 e. The molecule has 90 valence electrons. The summed E-state index contributed by atoms with van der Waals surface area (Å²) in [6.07, 6.45) is 12.4. The van der Waals surface area contributed by atoms with Gasteiger partial charge in [0.05, 0.1) is 0 Å². The zero-order valence-electron chi connectivity index (χ0n) is 10.5. The molecule has 0 atom stereocenters. The standard InChI is InChI=1S/C15H25N/c1-16-15(2-3-15)9-14-12-5-10-4-11(7-12)8-13(14)6-10/h10-14,16H,2-9H2,1H3. The molecule has 1 heteroatoms. The van der Waals surface area contributed by atoms with Gasteiger partial charge in [-0.15, -0.1) is 0 Å². The molecule has 0 unspecified atom stereocenters. The fourth-order valence-corrected chi connectivity index (χ4v) is 5.53. The van der Waals surface area contributed by atoms with Gasteiger partial charge in [-0.25, -0.2) is 0 Å². The lowest BCUT2D eigenvalue weighted by molar-refractivity contribution is -0.0443. The normalized spacial score (nSPS) is 51.9. The summed E-state index contributed by atoms with van der Waals surface area (Å²) in [6.45, 7) is 0.